The van der Waals surface area contributed by atoms with Crippen LogP contribution < -0.4 is 10.6 Å². The summed E-state index contributed by atoms with van der Waals surface area (Å²) in [5.74, 6) is 0. The largest absolute Gasteiger partial charge is 0.418 e. The van der Waals surface area contributed by atoms with Gasteiger partial charge < -0.3 is 5.32 Å². The van der Waals surface area contributed by atoms with Gasteiger partial charge in [-0.2, -0.15) is 13.2 Å². The van der Waals surface area contributed by atoms with E-state index in [9.17, 15) is 18.0 Å². The van der Waals surface area contributed by atoms with Gasteiger partial charge in [-0.05, 0) is 42.8 Å². The molecule has 158 valence electrons. The average molecular weight is 443 g/mol. The van der Waals surface area contributed by atoms with E-state index in [0.29, 0.717) is 22.3 Å². The Morgan fingerprint density at radius 2 is 1.94 bits per heavy atom. The molecule has 0 saturated carbocycles. The first-order chi connectivity index (χ1) is 14.9. The lowest BCUT2D eigenvalue weighted by Gasteiger charge is -2.13. The number of urea groups is 1. The van der Waals surface area contributed by atoms with Gasteiger partial charge in [-0.15, -0.1) is 0 Å². The molecule has 0 aliphatic heterocycles. The van der Waals surface area contributed by atoms with Crippen LogP contribution in [-0.4, -0.2) is 27.5 Å². The molecule has 4 aromatic rings. The Morgan fingerprint density at radius 3 is 2.65 bits per heavy atom. The molecule has 0 fully saturated rings. The average Bonchev–Trinajstić information content (AvgIpc) is 3.15. The maximum atomic E-state index is 13.7. The number of pyridine rings is 2. The number of nitrogens with one attached hydrogen (secondary N) is 2. The fourth-order valence-corrected chi connectivity index (χ4v) is 4.07. The van der Waals surface area contributed by atoms with Crippen LogP contribution in [-0.2, 0) is 6.18 Å². The quantitative estimate of drug-likeness (QED) is 0.432. The maximum Gasteiger partial charge on any atom is 0.418 e. The number of carbonyl (C=O) groups is 1. The van der Waals surface area contributed by atoms with Gasteiger partial charge in [-0.25, -0.2) is 9.78 Å². The molecule has 0 bridgehead atoms. The van der Waals surface area contributed by atoms with Crippen molar-refractivity contribution in [1.29, 1.82) is 0 Å². The number of anilines is 1. The first-order valence-corrected chi connectivity index (χ1v) is 10.1. The fraction of sp³-hybridized carbons (Fsp3) is 0.143. The molecule has 0 spiro atoms. The van der Waals surface area contributed by atoms with Crippen molar-refractivity contribution >= 4 is 32.7 Å². The number of alkyl halides is 3. The van der Waals surface area contributed by atoms with Crippen molar-refractivity contribution in [1.82, 2.24) is 20.3 Å². The molecule has 0 radical (unpaired) electrons. The predicted octanol–water partition coefficient (Wildman–Crippen LogP) is 5.58. The van der Waals surface area contributed by atoms with E-state index in [-0.39, 0.29) is 16.4 Å². The summed E-state index contributed by atoms with van der Waals surface area (Å²) in [7, 11) is 0. The van der Waals surface area contributed by atoms with Gasteiger partial charge in [0.15, 0.2) is 5.13 Å². The topological polar surface area (TPSA) is 79.8 Å². The summed E-state index contributed by atoms with van der Waals surface area (Å²) in [6.45, 7) is 2.20. The highest BCUT2D eigenvalue weighted by atomic mass is 32.1. The number of hydrogen-bond donors (Lipinski definition) is 2. The molecule has 0 aliphatic rings. The van der Waals surface area contributed by atoms with Gasteiger partial charge in [-0.1, -0.05) is 17.4 Å². The number of nitrogens with zero attached hydrogens (tertiary/aromatic N) is 3. The number of aromatic nitrogens is 3. The number of rotatable bonds is 4. The molecule has 0 saturated heterocycles. The van der Waals surface area contributed by atoms with Crippen LogP contribution in [0.4, 0.5) is 23.1 Å². The van der Waals surface area contributed by atoms with Gasteiger partial charge in [0.2, 0.25) is 0 Å². The third kappa shape index (κ3) is 4.33. The molecule has 6 nitrogen and oxygen atoms in total. The van der Waals surface area contributed by atoms with E-state index < -0.39 is 17.8 Å². The molecule has 31 heavy (non-hydrogen) atoms. The van der Waals surface area contributed by atoms with Gasteiger partial charge in [-0.3, -0.25) is 15.3 Å². The van der Waals surface area contributed by atoms with Crippen molar-refractivity contribution < 1.29 is 18.0 Å². The molecule has 2 amide bonds. The van der Waals surface area contributed by atoms with E-state index in [1.165, 1.54) is 12.3 Å². The third-order valence-electron chi connectivity index (χ3n) is 4.41. The second kappa shape index (κ2) is 8.31. The highest BCUT2D eigenvalue weighted by Crippen LogP contribution is 2.42. The van der Waals surface area contributed by atoms with E-state index in [4.69, 9.17) is 0 Å². The molecule has 10 heteroatoms. The number of benzene rings is 1. The lowest BCUT2D eigenvalue weighted by atomic mass is 9.99. The van der Waals surface area contributed by atoms with E-state index in [2.05, 4.69) is 25.6 Å². The Hall–Kier alpha value is -3.53. The predicted molar refractivity (Wildman–Crippen MR) is 114 cm³/mol. The summed E-state index contributed by atoms with van der Waals surface area (Å²) in [6.07, 6.45) is -0.0238. The first-order valence-electron chi connectivity index (χ1n) is 9.29. The van der Waals surface area contributed by atoms with E-state index in [1.807, 2.05) is 0 Å². The zero-order valence-corrected chi connectivity index (χ0v) is 17.0. The van der Waals surface area contributed by atoms with Crippen molar-refractivity contribution in [3.8, 4) is 22.4 Å². The maximum absolute atomic E-state index is 13.7. The minimum absolute atomic E-state index is 0.195. The molecule has 3 aromatic heterocycles. The first kappa shape index (κ1) is 20.7. The van der Waals surface area contributed by atoms with Crippen LogP contribution in [0.15, 0.2) is 55.0 Å². The zero-order valence-electron chi connectivity index (χ0n) is 16.2. The molecule has 3 heterocycles. The van der Waals surface area contributed by atoms with Crippen molar-refractivity contribution in [3.05, 3.63) is 60.6 Å². The standard InChI is InChI=1S/C21H16F3N5OS/c1-2-26-19(30)29-20-28-16-10-13(12-5-3-7-25-11-12)9-14(18(16)31-20)17-15(21(22,23)24)6-4-8-27-17/h3-11H,2H2,1H3,(H2,26,28,29,30). The van der Waals surface area contributed by atoms with Crippen molar-refractivity contribution in [2.24, 2.45) is 0 Å². The van der Waals surface area contributed by atoms with E-state index in [1.54, 1.807) is 43.6 Å². The minimum Gasteiger partial charge on any atom is -0.338 e. The van der Waals surface area contributed by atoms with Crippen molar-refractivity contribution in [2.45, 2.75) is 13.1 Å². The van der Waals surface area contributed by atoms with Crippen molar-refractivity contribution in [2.75, 3.05) is 11.9 Å². The van der Waals surface area contributed by atoms with Crippen LogP contribution in [0.1, 0.15) is 12.5 Å². The Labute approximate surface area is 179 Å². The number of amides is 2. The third-order valence-corrected chi connectivity index (χ3v) is 5.43. The molecular formula is C21H16F3N5OS. The summed E-state index contributed by atoms with van der Waals surface area (Å²) in [5, 5.41) is 5.49. The minimum atomic E-state index is -4.58. The molecule has 0 aliphatic carbocycles. The number of hydrogen-bond acceptors (Lipinski definition) is 5. The van der Waals surface area contributed by atoms with Gasteiger partial charge in [0, 0.05) is 36.3 Å². The lowest BCUT2D eigenvalue weighted by molar-refractivity contribution is -0.137. The van der Waals surface area contributed by atoms with Crippen LogP contribution in [0.2, 0.25) is 0 Å². The van der Waals surface area contributed by atoms with Crippen LogP contribution in [0.5, 0.6) is 0 Å². The Morgan fingerprint density at radius 1 is 1.13 bits per heavy atom. The van der Waals surface area contributed by atoms with Crippen LogP contribution in [0.3, 0.4) is 0 Å². The highest BCUT2D eigenvalue weighted by Gasteiger charge is 2.35. The zero-order chi connectivity index (χ0) is 22.0. The second-order valence-electron chi connectivity index (χ2n) is 6.51. The molecule has 2 N–H and O–H groups in total. The van der Waals surface area contributed by atoms with Gasteiger partial charge in [0.25, 0.3) is 0 Å². The summed E-state index contributed by atoms with van der Waals surface area (Å²) in [5.41, 5.74) is 1.06. The van der Waals surface area contributed by atoms with Crippen LogP contribution in [0, 0.1) is 0 Å². The lowest BCUT2D eigenvalue weighted by Crippen LogP contribution is -2.28. The molecule has 4 rings (SSSR count). The van der Waals surface area contributed by atoms with E-state index in [0.717, 1.165) is 23.0 Å². The van der Waals surface area contributed by atoms with Gasteiger partial charge >= 0.3 is 12.2 Å². The number of halogens is 3. The Bertz CT molecular complexity index is 1240. The Balaban J connectivity index is 1.94. The van der Waals surface area contributed by atoms with Gasteiger partial charge in [0.05, 0.1) is 21.5 Å². The smallest absolute Gasteiger partial charge is 0.338 e. The Kier molecular flexibility index (Phi) is 5.55. The highest BCUT2D eigenvalue weighted by molar-refractivity contribution is 7.22. The second-order valence-corrected chi connectivity index (χ2v) is 7.51. The number of carbonyl (C=O) groups excluding carboxylic acids is 1. The molecule has 0 unspecified atom stereocenters. The van der Waals surface area contributed by atoms with E-state index >= 15 is 0 Å². The molecule has 1 aromatic carbocycles. The molecular weight excluding hydrogens is 427 g/mol. The van der Waals surface area contributed by atoms with Gasteiger partial charge in [0.1, 0.15) is 0 Å². The summed E-state index contributed by atoms with van der Waals surface area (Å²) >= 11 is 1.09. The normalized spacial score (nSPS) is 11.5. The van der Waals surface area contributed by atoms with Crippen LogP contribution in [0.25, 0.3) is 32.6 Å². The molecule has 0 atom stereocenters. The van der Waals surface area contributed by atoms with Crippen molar-refractivity contribution in [3.63, 3.8) is 0 Å². The summed E-state index contributed by atoms with van der Waals surface area (Å²) in [4.78, 5) is 24.4. The fourth-order valence-electron chi connectivity index (χ4n) is 3.11. The summed E-state index contributed by atoms with van der Waals surface area (Å²) in [6, 6.07) is 8.76. The number of thiazole rings is 1. The summed E-state index contributed by atoms with van der Waals surface area (Å²) < 4.78 is 41.6. The monoisotopic (exact) mass is 443 g/mol. The van der Waals surface area contributed by atoms with Crippen LogP contribution >= 0.6 is 11.3 Å². The SMILES string of the molecule is CCNC(=O)Nc1nc2cc(-c3cccnc3)cc(-c3ncccc3C(F)(F)F)c2s1. The number of fused-ring (bicyclic) bond motifs is 1.